The highest BCUT2D eigenvalue weighted by Gasteiger charge is 2.48. The van der Waals surface area contributed by atoms with Crippen molar-refractivity contribution in [1.29, 1.82) is 0 Å². The number of halogens is 1. The number of aliphatic hydroxyl groups is 3. The second kappa shape index (κ2) is 8.98. The first-order valence-electron chi connectivity index (χ1n) is 9.32. The molecule has 0 radical (unpaired) electrons. The van der Waals surface area contributed by atoms with Crippen molar-refractivity contribution in [2.24, 2.45) is 0 Å². The fourth-order valence-electron chi connectivity index (χ4n) is 3.18. The van der Waals surface area contributed by atoms with Crippen LogP contribution in [0.2, 0.25) is 0 Å². The van der Waals surface area contributed by atoms with Crippen LogP contribution in [-0.2, 0) is 19.1 Å². The van der Waals surface area contributed by atoms with Crippen LogP contribution >= 0.6 is 0 Å². The molecular formula is C21H21FO9. The molecule has 9 nitrogen and oxygen atoms in total. The molecule has 0 saturated carbocycles. The van der Waals surface area contributed by atoms with Gasteiger partial charge in [0.2, 0.25) is 6.29 Å². The molecule has 6 atom stereocenters. The van der Waals surface area contributed by atoms with Gasteiger partial charge >= 0.3 is 11.9 Å². The van der Waals surface area contributed by atoms with E-state index in [0.717, 1.165) is 6.07 Å². The van der Waals surface area contributed by atoms with Gasteiger partial charge in [-0.1, -0.05) is 24.3 Å². The van der Waals surface area contributed by atoms with Crippen molar-refractivity contribution in [1.82, 2.24) is 0 Å². The van der Waals surface area contributed by atoms with Gasteiger partial charge in [0.05, 0.1) is 5.92 Å². The smallest absolute Gasteiger partial charge is 0.335 e. The molecular weight excluding hydrogens is 415 g/mol. The monoisotopic (exact) mass is 436 g/mol. The maximum atomic E-state index is 14.6. The Morgan fingerprint density at radius 1 is 1.03 bits per heavy atom. The number of aromatic hydroxyl groups is 1. The van der Waals surface area contributed by atoms with Crippen molar-refractivity contribution >= 4 is 11.9 Å². The third-order valence-corrected chi connectivity index (χ3v) is 5.07. The number of carboxylic acid groups (broad SMARTS) is 1. The quantitative estimate of drug-likeness (QED) is 0.427. The van der Waals surface area contributed by atoms with E-state index < -0.39 is 54.4 Å². The van der Waals surface area contributed by atoms with Crippen LogP contribution in [0.15, 0.2) is 42.5 Å². The topological polar surface area (TPSA) is 154 Å². The summed E-state index contributed by atoms with van der Waals surface area (Å²) in [4.78, 5) is 23.6. The van der Waals surface area contributed by atoms with Gasteiger partial charge in [0.15, 0.2) is 6.10 Å². The molecule has 1 heterocycles. The van der Waals surface area contributed by atoms with Crippen LogP contribution < -0.4 is 0 Å². The number of phenolic OH excluding ortho intramolecular Hbond substituents is 1. The molecule has 2 aromatic carbocycles. The molecule has 1 aliphatic rings. The Bertz CT molecular complexity index is 962. The van der Waals surface area contributed by atoms with Crippen molar-refractivity contribution < 1.29 is 49.0 Å². The lowest BCUT2D eigenvalue weighted by Crippen LogP contribution is -2.60. The Balaban J connectivity index is 1.74. The fraction of sp³-hybridized carbons (Fsp3) is 0.333. The van der Waals surface area contributed by atoms with Gasteiger partial charge in [-0.05, 0) is 36.2 Å². The Kier molecular flexibility index (Phi) is 6.56. The van der Waals surface area contributed by atoms with Gasteiger partial charge in [0.25, 0.3) is 0 Å². The standard InChI is InChI=1S/C21H21FO9/c1-9(11-4-7-13(14(22)8-11)10-2-5-12(23)6-3-10)20(29)31-21-17(26)15(24)16(25)18(30-21)19(27)28/h2-9,15-18,21,23-26H,1H3,(H,27,28)/t9?,15-,16-,17+,18-,21-/m0/s1. The zero-order valence-electron chi connectivity index (χ0n) is 16.3. The number of aliphatic hydroxyl groups excluding tert-OH is 3. The first kappa shape index (κ1) is 22.6. The van der Waals surface area contributed by atoms with Gasteiger partial charge < -0.3 is 35.0 Å². The summed E-state index contributed by atoms with van der Waals surface area (Å²) in [6.45, 7) is 1.41. The molecule has 1 unspecified atom stereocenters. The number of carboxylic acids is 1. The molecule has 0 aromatic heterocycles. The Morgan fingerprint density at radius 3 is 2.26 bits per heavy atom. The highest BCUT2D eigenvalue weighted by molar-refractivity contribution is 5.78. The molecule has 5 N–H and O–H groups in total. The summed E-state index contributed by atoms with van der Waals surface area (Å²) in [6.07, 6.45) is -9.45. The van der Waals surface area contributed by atoms with Gasteiger partial charge in [-0.25, -0.2) is 9.18 Å². The van der Waals surface area contributed by atoms with E-state index in [1.54, 1.807) is 0 Å². The maximum Gasteiger partial charge on any atom is 0.335 e. The van der Waals surface area contributed by atoms with Gasteiger partial charge in [0, 0.05) is 5.56 Å². The number of hydrogen-bond donors (Lipinski definition) is 5. The predicted octanol–water partition coefficient (Wildman–Crippen LogP) is 0.737. The average Bonchev–Trinajstić information content (AvgIpc) is 2.74. The zero-order chi connectivity index (χ0) is 22.9. The van der Waals surface area contributed by atoms with Crippen LogP contribution in [0.1, 0.15) is 18.4 Å². The molecule has 10 heteroatoms. The molecule has 31 heavy (non-hydrogen) atoms. The number of carbonyl (C=O) groups excluding carboxylic acids is 1. The van der Waals surface area contributed by atoms with Crippen LogP contribution in [0, 0.1) is 5.82 Å². The number of esters is 1. The molecule has 0 amide bonds. The number of aliphatic carboxylic acids is 1. The van der Waals surface area contributed by atoms with Crippen LogP contribution in [0.5, 0.6) is 5.75 Å². The normalized spacial score (nSPS) is 26.8. The molecule has 166 valence electrons. The lowest BCUT2D eigenvalue weighted by atomic mass is 9.96. The van der Waals surface area contributed by atoms with Crippen molar-refractivity contribution in [3.05, 3.63) is 53.8 Å². The van der Waals surface area contributed by atoms with E-state index in [9.17, 15) is 34.4 Å². The molecule has 0 bridgehead atoms. The lowest BCUT2D eigenvalue weighted by molar-refractivity contribution is -0.286. The zero-order valence-corrected chi connectivity index (χ0v) is 16.3. The van der Waals surface area contributed by atoms with Crippen LogP contribution in [0.25, 0.3) is 11.1 Å². The number of carbonyl (C=O) groups is 2. The van der Waals surface area contributed by atoms with E-state index in [2.05, 4.69) is 0 Å². The van der Waals surface area contributed by atoms with Gasteiger partial charge in [-0.15, -0.1) is 0 Å². The Hall–Kier alpha value is -3.05. The van der Waals surface area contributed by atoms with E-state index in [-0.39, 0.29) is 16.9 Å². The third-order valence-electron chi connectivity index (χ3n) is 5.07. The summed E-state index contributed by atoms with van der Waals surface area (Å²) in [5.74, 6) is -4.19. The molecule has 2 aromatic rings. The maximum absolute atomic E-state index is 14.6. The van der Waals surface area contributed by atoms with E-state index in [1.165, 1.54) is 43.3 Å². The first-order chi connectivity index (χ1) is 14.6. The van der Waals surface area contributed by atoms with Crippen molar-refractivity contribution in [3.8, 4) is 16.9 Å². The first-order valence-corrected chi connectivity index (χ1v) is 9.32. The summed E-state index contributed by atoms with van der Waals surface area (Å²) in [5.41, 5.74) is 1.01. The fourth-order valence-corrected chi connectivity index (χ4v) is 3.18. The summed E-state index contributed by atoms with van der Waals surface area (Å²) < 4.78 is 24.5. The van der Waals surface area contributed by atoms with Gasteiger partial charge in [-0.2, -0.15) is 0 Å². The highest BCUT2D eigenvalue weighted by Crippen LogP contribution is 2.29. The Labute approximate surface area is 175 Å². The number of hydrogen-bond acceptors (Lipinski definition) is 8. The van der Waals surface area contributed by atoms with Crippen molar-refractivity contribution in [3.63, 3.8) is 0 Å². The molecule has 0 spiro atoms. The summed E-state index contributed by atoms with van der Waals surface area (Å²) >= 11 is 0. The van der Waals surface area contributed by atoms with Gasteiger partial charge in [0.1, 0.15) is 29.9 Å². The van der Waals surface area contributed by atoms with Crippen LogP contribution in [0.4, 0.5) is 4.39 Å². The number of ether oxygens (including phenoxy) is 2. The van der Waals surface area contributed by atoms with E-state index in [4.69, 9.17) is 14.6 Å². The van der Waals surface area contributed by atoms with Crippen molar-refractivity contribution in [2.75, 3.05) is 0 Å². The number of benzene rings is 2. The minimum atomic E-state index is -1.92. The number of phenols is 1. The SMILES string of the molecule is CC(C(=O)O[C@@H]1O[C@H](C(=O)O)[C@@H](O)[C@H](O)[C@H]1O)c1ccc(-c2ccc(O)cc2)c(F)c1. The van der Waals surface area contributed by atoms with Crippen LogP contribution in [0.3, 0.4) is 0 Å². The third kappa shape index (κ3) is 4.67. The molecule has 1 fully saturated rings. The molecule has 1 saturated heterocycles. The van der Waals surface area contributed by atoms with Gasteiger partial charge in [-0.3, -0.25) is 4.79 Å². The molecule has 0 aliphatic carbocycles. The summed E-state index contributed by atoms with van der Waals surface area (Å²) in [7, 11) is 0. The van der Waals surface area contributed by atoms with E-state index in [1.807, 2.05) is 0 Å². The Morgan fingerprint density at radius 2 is 1.68 bits per heavy atom. The second-order valence-electron chi connectivity index (χ2n) is 7.18. The minimum Gasteiger partial charge on any atom is -0.508 e. The predicted molar refractivity (Wildman–Crippen MR) is 102 cm³/mol. The average molecular weight is 436 g/mol. The van der Waals surface area contributed by atoms with Crippen molar-refractivity contribution in [2.45, 2.75) is 43.5 Å². The largest absolute Gasteiger partial charge is 0.508 e. The molecule has 1 aliphatic heterocycles. The molecule has 3 rings (SSSR count). The van der Waals surface area contributed by atoms with E-state index in [0.29, 0.717) is 5.56 Å². The lowest BCUT2D eigenvalue weighted by Gasteiger charge is -2.38. The summed E-state index contributed by atoms with van der Waals surface area (Å²) in [6, 6.07) is 9.96. The number of rotatable bonds is 5. The summed E-state index contributed by atoms with van der Waals surface area (Å²) in [5, 5.41) is 47.8. The second-order valence-corrected chi connectivity index (χ2v) is 7.18. The van der Waals surface area contributed by atoms with E-state index >= 15 is 0 Å². The highest BCUT2D eigenvalue weighted by atomic mass is 19.1. The van der Waals surface area contributed by atoms with Crippen LogP contribution in [-0.4, -0.2) is 68.2 Å². The minimum absolute atomic E-state index is 0.0343.